The maximum atomic E-state index is 11.7. The number of carboxylic acid groups (broad SMARTS) is 1. The average Bonchev–Trinajstić information content (AvgIpc) is 2.36. The summed E-state index contributed by atoms with van der Waals surface area (Å²) in [6.45, 7) is 2.41. The Balaban J connectivity index is 4.41. The van der Waals surface area contributed by atoms with Crippen LogP contribution in [0.4, 0.5) is 0 Å². The lowest BCUT2D eigenvalue weighted by Crippen LogP contribution is -2.54. The van der Waals surface area contributed by atoms with E-state index in [1.54, 1.807) is 0 Å². The Hall–Kier alpha value is -1.18. The van der Waals surface area contributed by atoms with Crippen LogP contribution in [0.2, 0.25) is 0 Å². The van der Waals surface area contributed by atoms with Crippen molar-refractivity contribution in [2.24, 2.45) is 17.2 Å². The van der Waals surface area contributed by atoms with Crippen molar-refractivity contribution >= 4 is 11.9 Å². The van der Waals surface area contributed by atoms with Crippen LogP contribution in [-0.2, 0) is 14.3 Å². The zero-order valence-corrected chi connectivity index (χ0v) is 11.4. The van der Waals surface area contributed by atoms with Gasteiger partial charge in [0.05, 0.1) is 0 Å². The monoisotopic (exact) mass is 275 g/mol. The Morgan fingerprint density at radius 2 is 1.95 bits per heavy atom. The van der Waals surface area contributed by atoms with Gasteiger partial charge < -0.3 is 21.3 Å². The Labute approximate surface area is 113 Å². The van der Waals surface area contributed by atoms with Gasteiger partial charge in [-0.3, -0.25) is 10.5 Å². The molecule has 0 aliphatic rings. The molecule has 0 amide bonds. The van der Waals surface area contributed by atoms with Gasteiger partial charge in [0.25, 0.3) is 5.72 Å². The first-order valence-corrected chi connectivity index (χ1v) is 6.58. The molecule has 0 radical (unpaired) electrons. The summed E-state index contributed by atoms with van der Waals surface area (Å²) in [6.07, 6.45) is 3.22. The molecule has 0 aromatic rings. The number of esters is 1. The second-order valence-corrected chi connectivity index (χ2v) is 4.61. The quantitative estimate of drug-likeness (QED) is 0.248. The first-order chi connectivity index (χ1) is 8.87. The second-order valence-electron chi connectivity index (χ2n) is 4.61. The van der Waals surface area contributed by atoms with Crippen molar-refractivity contribution in [3.8, 4) is 0 Å². The Bertz CT molecular complexity index is 299. The third-order valence-electron chi connectivity index (χ3n) is 2.82. The number of unbranched alkanes of at least 4 members (excludes halogenated alkanes) is 2. The highest BCUT2D eigenvalue weighted by Gasteiger charge is 2.38. The molecule has 0 aromatic carbocycles. The van der Waals surface area contributed by atoms with Gasteiger partial charge in [-0.2, -0.15) is 0 Å². The van der Waals surface area contributed by atoms with Crippen LogP contribution < -0.4 is 17.2 Å². The van der Waals surface area contributed by atoms with E-state index in [9.17, 15) is 9.59 Å². The lowest BCUT2D eigenvalue weighted by Gasteiger charge is -2.26. The topological polar surface area (TPSA) is 142 Å². The van der Waals surface area contributed by atoms with Crippen LogP contribution >= 0.6 is 0 Å². The minimum absolute atomic E-state index is 0.0695. The van der Waals surface area contributed by atoms with E-state index >= 15 is 0 Å². The summed E-state index contributed by atoms with van der Waals surface area (Å²) in [5.74, 6) is -2.14. The zero-order chi connectivity index (χ0) is 14.9. The molecule has 1 unspecified atom stereocenters. The first kappa shape index (κ1) is 17.8. The van der Waals surface area contributed by atoms with E-state index in [0.29, 0.717) is 25.8 Å². The van der Waals surface area contributed by atoms with Gasteiger partial charge in [0, 0.05) is 6.42 Å². The molecule has 0 bridgehead atoms. The van der Waals surface area contributed by atoms with Crippen LogP contribution in [0, 0.1) is 0 Å². The van der Waals surface area contributed by atoms with E-state index in [1.807, 2.05) is 6.92 Å². The number of carbonyl (C=O) groups is 2. The van der Waals surface area contributed by atoms with Crippen molar-refractivity contribution in [2.45, 2.75) is 57.2 Å². The number of aliphatic carboxylic acids is 1. The molecule has 112 valence electrons. The highest BCUT2D eigenvalue weighted by molar-refractivity contribution is 5.83. The maximum Gasteiger partial charge on any atom is 0.363 e. The molecule has 0 rings (SSSR count). The van der Waals surface area contributed by atoms with Gasteiger partial charge in [-0.25, -0.2) is 4.79 Å². The van der Waals surface area contributed by atoms with Crippen LogP contribution in [0.1, 0.15) is 45.4 Å². The summed E-state index contributed by atoms with van der Waals surface area (Å²) in [6, 6.07) is -0.865. The highest BCUT2D eigenvalue weighted by atomic mass is 16.6. The largest absolute Gasteiger partial charge is 0.477 e. The second kappa shape index (κ2) is 8.84. The summed E-state index contributed by atoms with van der Waals surface area (Å²) >= 11 is 0. The summed E-state index contributed by atoms with van der Waals surface area (Å²) in [5, 5.41) is 9.04. The molecule has 7 N–H and O–H groups in total. The molecular weight excluding hydrogens is 250 g/mol. The van der Waals surface area contributed by atoms with Crippen LogP contribution in [0.5, 0.6) is 0 Å². The average molecular weight is 275 g/mol. The number of carboxylic acids is 1. The lowest BCUT2D eigenvalue weighted by atomic mass is 10.1. The summed E-state index contributed by atoms with van der Waals surface area (Å²) in [7, 11) is 0. The fraction of sp³-hybridized carbons (Fsp3) is 0.833. The normalized spacial score (nSPS) is 15.6. The van der Waals surface area contributed by atoms with Gasteiger partial charge in [0.2, 0.25) is 0 Å². The predicted octanol–water partition coefficient (Wildman–Crippen LogP) is -0.0843. The van der Waals surface area contributed by atoms with Gasteiger partial charge >= 0.3 is 11.9 Å². The predicted molar refractivity (Wildman–Crippen MR) is 71.1 cm³/mol. The van der Waals surface area contributed by atoms with E-state index in [0.717, 1.165) is 12.8 Å². The summed E-state index contributed by atoms with van der Waals surface area (Å²) in [4.78, 5) is 22.8. The molecule has 0 saturated heterocycles. The molecule has 0 spiro atoms. The van der Waals surface area contributed by atoms with Crippen LogP contribution in [0.25, 0.3) is 0 Å². The first-order valence-electron chi connectivity index (χ1n) is 6.58. The minimum atomic E-state index is -1.99. The molecule has 2 atom stereocenters. The molecule has 0 saturated carbocycles. The van der Waals surface area contributed by atoms with E-state index < -0.39 is 23.7 Å². The van der Waals surface area contributed by atoms with Gasteiger partial charge in [-0.15, -0.1) is 0 Å². The Morgan fingerprint density at radius 1 is 1.32 bits per heavy atom. The smallest absolute Gasteiger partial charge is 0.363 e. The highest BCUT2D eigenvalue weighted by Crippen LogP contribution is 2.15. The summed E-state index contributed by atoms with van der Waals surface area (Å²) in [5.41, 5.74) is 14.6. The van der Waals surface area contributed by atoms with Crippen molar-refractivity contribution in [1.29, 1.82) is 0 Å². The standard InChI is InChI=1S/C12H25N3O4/c1-2-3-7-12(15,11(17)18)19-10(16)9(14)6-4-5-8-13/h9H,2-8,13-15H2,1H3,(H,17,18)/t9-,12?/m0/s1. The number of carbonyl (C=O) groups excluding carboxylic acids is 1. The molecule has 0 aliphatic heterocycles. The fourth-order valence-electron chi connectivity index (χ4n) is 1.52. The van der Waals surface area contributed by atoms with Crippen LogP contribution in [0.15, 0.2) is 0 Å². The fourth-order valence-corrected chi connectivity index (χ4v) is 1.52. The number of hydrogen-bond donors (Lipinski definition) is 4. The van der Waals surface area contributed by atoms with Gasteiger partial charge in [-0.05, 0) is 25.8 Å². The van der Waals surface area contributed by atoms with Crippen molar-refractivity contribution in [3.63, 3.8) is 0 Å². The van der Waals surface area contributed by atoms with Crippen molar-refractivity contribution in [1.82, 2.24) is 0 Å². The van der Waals surface area contributed by atoms with E-state index in [-0.39, 0.29) is 6.42 Å². The number of hydrogen-bond acceptors (Lipinski definition) is 6. The molecule has 0 aromatic heterocycles. The molecule has 19 heavy (non-hydrogen) atoms. The van der Waals surface area contributed by atoms with E-state index in [2.05, 4.69) is 0 Å². The third kappa shape index (κ3) is 6.51. The van der Waals surface area contributed by atoms with Gasteiger partial charge in [0.15, 0.2) is 0 Å². The Kier molecular flexibility index (Phi) is 8.29. The number of rotatable bonds is 10. The van der Waals surface area contributed by atoms with Crippen LogP contribution in [-0.4, -0.2) is 35.4 Å². The molecule has 7 heteroatoms. The molecule has 0 aliphatic carbocycles. The SMILES string of the molecule is CCCCC(N)(OC(=O)[C@@H](N)CCCCN)C(=O)O. The van der Waals surface area contributed by atoms with Crippen molar-refractivity contribution < 1.29 is 19.4 Å². The van der Waals surface area contributed by atoms with Crippen molar-refractivity contribution in [2.75, 3.05) is 6.54 Å². The van der Waals surface area contributed by atoms with E-state index in [4.69, 9.17) is 27.0 Å². The number of nitrogens with two attached hydrogens (primary N) is 3. The summed E-state index contributed by atoms with van der Waals surface area (Å²) < 4.78 is 4.88. The van der Waals surface area contributed by atoms with E-state index in [1.165, 1.54) is 0 Å². The number of ether oxygens (including phenoxy) is 1. The van der Waals surface area contributed by atoms with Crippen LogP contribution in [0.3, 0.4) is 0 Å². The minimum Gasteiger partial charge on any atom is -0.477 e. The Morgan fingerprint density at radius 3 is 2.42 bits per heavy atom. The van der Waals surface area contributed by atoms with Crippen molar-refractivity contribution in [3.05, 3.63) is 0 Å². The lowest BCUT2D eigenvalue weighted by molar-refractivity contribution is -0.180. The maximum absolute atomic E-state index is 11.7. The molecule has 7 nitrogen and oxygen atoms in total. The molecule has 0 fully saturated rings. The molecular formula is C12H25N3O4. The zero-order valence-electron chi connectivity index (χ0n) is 11.4. The third-order valence-corrected chi connectivity index (χ3v) is 2.82. The van der Waals surface area contributed by atoms with Gasteiger partial charge in [0.1, 0.15) is 6.04 Å². The van der Waals surface area contributed by atoms with Gasteiger partial charge in [-0.1, -0.05) is 19.8 Å². The molecule has 0 heterocycles.